The minimum Gasteiger partial charge on any atom is -0.472 e. The number of nitrogens with zero attached hydrogens (tertiary/aromatic N) is 1. The standard InChI is InChI=1S/C15H18N2O2/c1-16-9-11-8-15(19-12-6-7-18-10-12)17-14-5-3-2-4-13(11)14/h2-5,8,12,16H,6-7,9-10H2,1H3. The molecule has 0 bridgehead atoms. The first-order valence-corrected chi connectivity index (χ1v) is 6.64. The van der Waals surface area contributed by atoms with Gasteiger partial charge in [0.2, 0.25) is 5.88 Å². The Morgan fingerprint density at radius 3 is 3.11 bits per heavy atom. The van der Waals surface area contributed by atoms with Crippen molar-refractivity contribution in [3.8, 4) is 5.88 Å². The lowest BCUT2D eigenvalue weighted by molar-refractivity contribution is 0.138. The van der Waals surface area contributed by atoms with E-state index in [0.717, 1.165) is 25.1 Å². The summed E-state index contributed by atoms with van der Waals surface area (Å²) in [6.07, 6.45) is 1.08. The maximum absolute atomic E-state index is 5.91. The Morgan fingerprint density at radius 2 is 2.32 bits per heavy atom. The van der Waals surface area contributed by atoms with Crippen LogP contribution in [0, 0.1) is 0 Å². The largest absolute Gasteiger partial charge is 0.472 e. The molecule has 1 N–H and O–H groups in total. The van der Waals surface area contributed by atoms with E-state index in [1.807, 2.05) is 31.3 Å². The summed E-state index contributed by atoms with van der Waals surface area (Å²) < 4.78 is 11.2. The zero-order valence-electron chi connectivity index (χ0n) is 11.1. The van der Waals surface area contributed by atoms with Gasteiger partial charge in [-0.2, -0.15) is 0 Å². The van der Waals surface area contributed by atoms with E-state index in [9.17, 15) is 0 Å². The fraction of sp³-hybridized carbons (Fsp3) is 0.400. The van der Waals surface area contributed by atoms with Gasteiger partial charge < -0.3 is 14.8 Å². The Morgan fingerprint density at radius 1 is 1.42 bits per heavy atom. The third-order valence-electron chi connectivity index (χ3n) is 3.32. The second kappa shape index (κ2) is 5.55. The van der Waals surface area contributed by atoms with Crippen LogP contribution in [0.1, 0.15) is 12.0 Å². The Kier molecular flexibility index (Phi) is 3.62. The molecule has 3 rings (SSSR count). The number of hydrogen-bond acceptors (Lipinski definition) is 4. The highest BCUT2D eigenvalue weighted by Crippen LogP contribution is 2.23. The number of aromatic nitrogens is 1. The first-order chi connectivity index (χ1) is 9.36. The molecular formula is C15H18N2O2. The first-order valence-electron chi connectivity index (χ1n) is 6.64. The Labute approximate surface area is 112 Å². The van der Waals surface area contributed by atoms with E-state index < -0.39 is 0 Å². The van der Waals surface area contributed by atoms with Crippen LogP contribution in [0.3, 0.4) is 0 Å². The van der Waals surface area contributed by atoms with Gasteiger partial charge >= 0.3 is 0 Å². The van der Waals surface area contributed by atoms with Crippen LogP contribution in [0.2, 0.25) is 0 Å². The predicted molar refractivity (Wildman–Crippen MR) is 74.4 cm³/mol. The van der Waals surface area contributed by atoms with E-state index in [1.165, 1.54) is 10.9 Å². The van der Waals surface area contributed by atoms with Crippen molar-refractivity contribution in [1.82, 2.24) is 10.3 Å². The number of pyridine rings is 1. The lowest BCUT2D eigenvalue weighted by atomic mass is 10.1. The molecule has 1 aliphatic heterocycles. The van der Waals surface area contributed by atoms with Gasteiger partial charge in [-0.3, -0.25) is 0 Å². The van der Waals surface area contributed by atoms with Gasteiger partial charge in [0.05, 0.1) is 18.7 Å². The van der Waals surface area contributed by atoms with Gasteiger partial charge in [0, 0.05) is 24.4 Å². The zero-order valence-corrected chi connectivity index (χ0v) is 11.1. The molecule has 1 aromatic carbocycles. The monoisotopic (exact) mass is 258 g/mol. The number of benzene rings is 1. The molecule has 4 heteroatoms. The molecule has 1 aliphatic rings. The number of rotatable bonds is 4. The Hall–Kier alpha value is -1.65. The third kappa shape index (κ3) is 2.69. The summed E-state index contributed by atoms with van der Waals surface area (Å²) in [5.74, 6) is 0.694. The van der Waals surface area contributed by atoms with E-state index in [-0.39, 0.29) is 6.10 Å². The van der Waals surface area contributed by atoms with E-state index in [4.69, 9.17) is 9.47 Å². The second-order valence-electron chi connectivity index (χ2n) is 4.77. The highest BCUT2D eigenvalue weighted by Gasteiger charge is 2.18. The van der Waals surface area contributed by atoms with Gasteiger partial charge in [0.25, 0.3) is 0 Å². The van der Waals surface area contributed by atoms with E-state index in [0.29, 0.717) is 12.5 Å². The quantitative estimate of drug-likeness (QED) is 0.912. The number of para-hydroxylation sites is 1. The molecule has 1 unspecified atom stereocenters. The SMILES string of the molecule is CNCc1cc(OC2CCOC2)nc2ccccc12. The molecule has 4 nitrogen and oxygen atoms in total. The van der Waals surface area contributed by atoms with Crippen molar-refractivity contribution in [3.63, 3.8) is 0 Å². The highest BCUT2D eigenvalue weighted by molar-refractivity contribution is 5.82. The van der Waals surface area contributed by atoms with Crippen molar-refractivity contribution >= 4 is 10.9 Å². The maximum Gasteiger partial charge on any atom is 0.214 e. The van der Waals surface area contributed by atoms with Crippen molar-refractivity contribution in [1.29, 1.82) is 0 Å². The molecule has 19 heavy (non-hydrogen) atoms. The predicted octanol–water partition coefficient (Wildman–Crippen LogP) is 2.12. The molecule has 1 aromatic heterocycles. The van der Waals surface area contributed by atoms with E-state index in [1.54, 1.807) is 0 Å². The summed E-state index contributed by atoms with van der Waals surface area (Å²) in [6.45, 7) is 2.25. The van der Waals surface area contributed by atoms with Gasteiger partial charge in [-0.25, -0.2) is 4.98 Å². The molecule has 2 heterocycles. The molecule has 1 fully saturated rings. The van der Waals surface area contributed by atoms with Crippen LogP contribution in [0.15, 0.2) is 30.3 Å². The van der Waals surface area contributed by atoms with Crippen LogP contribution < -0.4 is 10.1 Å². The van der Waals surface area contributed by atoms with Crippen LogP contribution in [0.25, 0.3) is 10.9 Å². The summed E-state index contributed by atoms with van der Waals surface area (Å²) in [4.78, 5) is 4.58. The van der Waals surface area contributed by atoms with Crippen LogP contribution in [0.4, 0.5) is 0 Å². The molecule has 2 aromatic rings. The number of fused-ring (bicyclic) bond motifs is 1. The lowest BCUT2D eigenvalue weighted by Crippen LogP contribution is -2.17. The van der Waals surface area contributed by atoms with Crippen LogP contribution in [-0.4, -0.2) is 31.3 Å². The third-order valence-corrected chi connectivity index (χ3v) is 3.32. The van der Waals surface area contributed by atoms with Crippen molar-refractivity contribution in [2.75, 3.05) is 20.3 Å². The normalized spacial score (nSPS) is 18.9. The second-order valence-corrected chi connectivity index (χ2v) is 4.77. The Bertz CT molecular complexity index is 565. The molecule has 0 spiro atoms. The van der Waals surface area contributed by atoms with Crippen LogP contribution >= 0.6 is 0 Å². The van der Waals surface area contributed by atoms with Gasteiger partial charge in [-0.1, -0.05) is 18.2 Å². The zero-order chi connectivity index (χ0) is 13.1. The van der Waals surface area contributed by atoms with Gasteiger partial charge in [-0.05, 0) is 18.7 Å². The van der Waals surface area contributed by atoms with E-state index >= 15 is 0 Å². The summed E-state index contributed by atoms with van der Waals surface area (Å²) in [6, 6.07) is 10.2. The minimum atomic E-state index is 0.135. The van der Waals surface area contributed by atoms with Crippen molar-refractivity contribution in [2.45, 2.75) is 19.1 Å². The van der Waals surface area contributed by atoms with Gasteiger partial charge in [0.1, 0.15) is 6.10 Å². The van der Waals surface area contributed by atoms with Crippen molar-refractivity contribution in [2.24, 2.45) is 0 Å². The van der Waals surface area contributed by atoms with Crippen LogP contribution in [0.5, 0.6) is 5.88 Å². The molecular weight excluding hydrogens is 240 g/mol. The van der Waals surface area contributed by atoms with E-state index in [2.05, 4.69) is 16.4 Å². The molecule has 0 saturated carbocycles. The molecule has 1 saturated heterocycles. The minimum absolute atomic E-state index is 0.135. The average Bonchev–Trinajstić information content (AvgIpc) is 2.92. The maximum atomic E-state index is 5.91. The fourth-order valence-corrected chi connectivity index (χ4v) is 2.39. The van der Waals surface area contributed by atoms with Crippen molar-refractivity contribution in [3.05, 3.63) is 35.9 Å². The topological polar surface area (TPSA) is 43.4 Å². The smallest absolute Gasteiger partial charge is 0.214 e. The van der Waals surface area contributed by atoms with Gasteiger partial charge in [0.15, 0.2) is 0 Å². The molecule has 1 atom stereocenters. The lowest BCUT2D eigenvalue weighted by Gasteiger charge is -2.13. The number of hydrogen-bond donors (Lipinski definition) is 1. The van der Waals surface area contributed by atoms with Gasteiger partial charge in [-0.15, -0.1) is 0 Å². The summed E-state index contributed by atoms with van der Waals surface area (Å²) in [5.41, 5.74) is 2.19. The summed E-state index contributed by atoms with van der Waals surface area (Å²) >= 11 is 0. The molecule has 0 amide bonds. The molecule has 100 valence electrons. The summed E-state index contributed by atoms with van der Waals surface area (Å²) in [5, 5.41) is 4.36. The van der Waals surface area contributed by atoms with Crippen LogP contribution in [-0.2, 0) is 11.3 Å². The first kappa shape index (κ1) is 12.4. The fourth-order valence-electron chi connectivity index (χ4n) is 2.39. The Balaban J connectivity index is 1.95. The molecule has 0 radical (unpaired) electrons. The highest BCUT2D eigenvalue weighted by atomic mass is 16.5. The molecule has 0 aliphatic carbocycles. The number of nitrogens with one attached hydrogen (secondary N) is 1. The van der Waals surface area contributed by atoms with Crippen molar-refractivity contribution < 1.29 is 9.47 Å². The average molecular weight is 258 g/mol. The summed E-state index contributed by atoms with van der Waals surface area (Å²) in [7, 11) is 1.94. The number of ether oxygens (including phenoxy) is 2.